The van der Waals surface area contributed by atoms with Gasteiger partial charge in [-0.2, -0.15) is 18.3 Å². The van der Waals surface area contributed by atoms with Crippen LogP contribution in [0.4, 0.5) is 19.0 Å². The van der Waals surface area contributed by atoms with Gasteiger partial charge in [-0.25, -0.2) is 4.68 Å². The van der Waals surface area contributed by atoms with Crippen molar-refractivity contribution in [1.29, 1.82) is 0 Å². The second-order valence-electron chi connectivity index (χ2n) is 3.67. The van der Waals surface area contributed by atoms with Gasteiger partial charge in [-0.1, -0.05) is 6.07 Å². The highest BCUT2D eigenvalue weighted by molar-refractivity contribution is 5.85. The number of nitrogens with two attached hydrogens (primary N) is 1. The zero-order valence-electron chi connectivity index (χ0n) is 9.40. The molecule has 0 spiro atoms. The van der Waals surface area contributed by atoms with Crippen LogP contribution in [0.15, 0.2) is 30.3 Å². The van der Waals surface area contributed by atoms with Gasteiger partial charge in [0.2, 0.25) is 0 Å². The summed E-state index contributed by atoms with van der Waals surface area (Å²) in [5.41, 5.74) is 5.88. The third-order valence-electron chi connectivity index (χ3n) is 2.28. The molecule has 1 heterocycles. The molecule has 0 saturated carbocycles. The van der Waals surface area contributed by atoms with Gasteiger partial charge in [0.05, 0.1) is 16.9 Å². The molecule has 2 N–H and O–H groups in total. The largest absolute Gasteiger partial charge is 0.416 e. The molecule has 98 valence electrons. The summed E-state index contributed by atoms with van der Waals surface area (Å²) in [7, 11) is 0. The van der Waals surface area contributed by atoms with E-state index < -0.39 is 11.7 Å². The minimum Gasteiger partial charge on any atom is -0.384 e. The monoisotopic (exact) mass is 277 g/mol. The highest BCUT2D eigenvalue weighted by Gasteiger charge is 2.30. The van der Waals surface area contributed by atoms with Crippen LogP contribution in [0.2, 0.25) is 0 Å². The van der Waals surface area contributed by atoms with Crippen LogP contribution >= 0.6 is 12.4 Å². The number of nitrogens with zero attached hydrogens (tertiary/aromatic N) is 2. The summed E-state index contributed by atoms with van der Waals surface area (Å²) < 4.78 is 38.9. The van der Waals surface area contributed by atoms with Gasteiger partial charge in [0.1, 0.15) is 5.82 Å². The molecule has 2 aromatic rings. The number of halogens is 4. The molecule has 3 nitrogen and oxygen atoms in total. The van der Waals surface area contributed by atoms with E-state index in [1.54, 1.807) is 13.0 Å². The molecule has 0 bridgehead atoms. The predicted molar refractivity (Wildman–Crippen MR) is 65.0 cm³/mol. The molecular formula is C11H11ClF3N3. The zero-order chi connectivity index (χ0) is 12.6. The third kappa shape index (κ3) is 2.76. The van der Waals surface area contributed by atoms with Gasteiger partial charge < -0.3 is 5.73 Å². The summed E-state index contributed by atoms with van der Waals surface area (Å²) in [6.45, 7) is 1.72. The van der Waals surface area contributed by atoms with Crippen molar-refractivity contribution in [1.82, 2.24) is 9.78 Å². The van der Waals surface area contributed by atoms with Gasteiger partial charge in [-0.3, -0.25) is 0 Å². The third-order valence-corrected chi connectivity index (χ3v) is 2.28. The summed E-state index contributed by atoms with van der Waals surface area (Å²) >= 11 is 0. The lowest BCUT2D eigenvalue weighted by molar-refractivity contribution is -0.137. The Morgan fingerprint density at radius 2 is 1.89 bits per heavy atom. The van der Waals surface area contributed by atoms with Crippen molar-refractivity contribution in [2.24, 2.45) is 0 Å². The van der Waals surface area contributed by atoms with Crippen LogP contribution in [-0.2, 0) is 6.18 Å². The fourth-order valence-electron chi connectivity index (χ4n) is 1.54. The molecule has 2 rings (SSSR count). The van der Waals surface area contributed by atoms with E-state index in [1.165, 1.54) is 16.8 Å². The smallest absolute Gasteiger partial charge is 0.384 e. The van der Waals surface area contributed by atoms with Crippen molar-refractivity contribution >= 4 is 18.2 Å². The number of benzene rings is 1. The second-order valence-corrected chi connectivity index (χ2v) is 3.67. The maximum atomic E-state index is 12.5. The number of anilines is 1. The lowest BCUT2D eigenvalue weighted by atomic mass is 10.2. The van der Waals surface area contributed by atoms with E-state index >= 15 is 0 Å². The van der Waals surface area contributed by atoms with Crippen molar-refractivity contribution in [2.45, 2.75) is 13.1 Å². The van der Waals surface area contributed by atoms with E-state index in [0.717, 1.165) is 12.1 Å². The Balaban J connectivity index is 0.00000162. The van der Waals surface area contributed by atoms with Gasteiger partial charge in [-0.05, 0) is 25.1 Å². The van der Waals surface area contributed by atoms with Crippen molar-refractivity contribution in [3.8, 4) is 5.69 Å². The normalized spacial score (nSPS) is 11.1. The Morgan fingerprint density at radius 3 is 2.39 bits per heavy atom. The van der Waals surface area contributed by atoms with Gasteiger partial charge in [0, 0.05) is 6.07 Å². The molecule has 18 heavy (non-hydrogen) atoms. The molecule has 1 aromatic heterocycles. The molecule has 0 unspecified atom stereocenters. The molecule has 0 amide bonds. The standard InChI is InChI=1S/C11H10F3N3.ClH/c1-7-5-10(15)17(16-7)9-4-2-3-8(6-9)11(12,13)14;/h2-6H,15H2,1H3;1H. The molecule has 0 aliphatic carbocycles. The van der Waals surface area contributed by atoms with Crippen molar-refractivity contribution in [3.05, 3.63) is 41.6 Å². The first-order chi connectivity index (χ1) is 7.88. The first kappa shape index (κ1) is 14.4. The van der Waals surface area contributed by atoms with Crippen molar-refractivity contribution < 1.29 is 13.2 Å². The minimum absolute atomic E-state index is 0. The van der Waals surface area contributed by atoms with E-state index in [-0.39, 0.29) is 12.4 Å². The minimum atomic E-state index is -4.37. The van der Waals surface area contributed by atoms with Gasteiger partial charge >= 0.3 is 6.18 Å². The molecular weight excluding hydrogens is 267 g/mol. The SMILES string of the molecule is Cc1cc(N)n(-c2cccc(C(F)(F)F)c2)n1.Cl. The van der Waals surface area contributed by atoms with Crippen molar-refractivity contribution in [3.63, 3.8) is 0 Å². The highest BCUT2D eigenvalue weighted by Crippen LogP contribution is 2.30. The average Bonchev–Trinajstić information content (AvgIpc) is 2.57. The summed E-state index contributed by atoms with van der Waals surface area (Å²) in [5, 5.41) is 4.03. The summed E-state index contributed by atoms with van der Waals surface area (Å²) in [4.78, 5) is 0. The van der Waals surface area contributed by atoms with E-state index in [2.05, 4.69) is 5.10 Å². The summed E-state index contributed by atoms with van der Waals surface area (Å²) in [6.07, 6.45) is -4.37. The quantitative estimate of drug-likeness (QED) is 0.870. The van der Waals surface area contributed by atoms with Crippen molar-refractivity contribution in [2.75, 3.05) is 5.73 Å². The second kappa shape index (κ2) is 4.89. The molecule has 0 aliphatic rings. The van der Waals surface area contributed by atoms with E-state index in [0.29, 0.717) is 17.2 Å². The van der Waals surface area contributed by atoms with E-state index in [1.807, 2.05) is 0 Å². The Kier molecular flexibility index (Phi) is 3.91. The predicted octanol–water partition coefficient (Wildman–Crippen LogP) is 3.20. The fraction of sp³-hybridized carbons (Fsp3) is 0.182. The lowest BCUT2D eigenvalue weighted by Crippen LogP contribution is -2.07. The Hall–Kier alpha value is -1.69. The number of hydrogen-bond acceptors (Lipinski definition) is 2. The van der Waals surface area contributed by atoms with E-state index in [4.69, 9.17) is 5.73 Å². The highest BCUT2D eigenvalue weighted by atomic mass is 35.5. The first-order valence-electron chi connectivity index (χ1n) is 4.88. The number of alkyl halides is 3. The Bertz CT molecular complexity index is 549. The molecule has 0 atom stereocenters. The van der Waals surface area contributed by atoms with E-state index in [9.17, 15) is 13.2 Å². The number of hydrogen-bond donors (Lipinski definition) is 1. The van der Waals surface area contributed by atoms with Crippen LogP contribution in [0.1, 0.15) is 11.3 Å². The summed E-state index contributed by atoms with van der Waals surface area (Å²) in [5.74, 6) is 0.307. The number of aromatic nitrogens is 2. The number of aryl methyl sites for hydroxylation is 1. The molecule has 7 heteroatoms. The Labute approximate surface area is 108 Å². The lowest BCUT2D eigenvalue weighted by Gasteiger charge is -2.09. The molecule has 0 radical (unpaired) electrons. The van der Waals surface area contributed by atoms with Crippen LogP contribution in [-0.4, -0.2) is 9.78 Å². The molecule has 1 aromatic carbocycles. The topological polar surface area (TPSA) is 43.8 Å². The average molecular weight is 278 g/mol. The maximum absolute atomic E-state index is 12.5. The van der Waals surface area contributed by atoms with Gasteiger partial charge in [-0.15, -0.1) is 12.4 Å². The van der Waals surface area contributed by atoms with Crippen LogP contribution in [0.3, 0.4) is 0 Å². The number of nitrogen functional groups attached to an aromatic ring is 1. The molecule has 0 aliphatic heterocycles. The maximum Gasteiger partial charge on any atom is 0.416 e. The van der Waals surface area contributed by atoms with Gasteiger partial charge in [0.25, 0.3) is 0 Å². The molecule has 0 saturated heterocycles. The number of rotatable bonds is 1. The van der Waals surface area contributed by atoms with Crippen LogP contribution in [0, 0.1) is 6.92 Å². The zero-order valence-corrected chi connectivity index (χ0v) is 10.2. The van der Waals surface area contributed by atoms with Crippen LogP contribution < -0.4 is 5.73 Å². The summed E-state index contributed by atoms with van der Waals surface area (Å²) in [6, 6.07) is 6.48. The van der Waals surface area contributed by atoms with Crippen LogP contribution in [0.5, 0.6) is 0 Å². The first-order valence-corrected chi connectivity index (χ1v) is 4.88. The van der Waals surface area contributed by atoms with Crippen LogP contribution in [0.25, 0.3) is 5.69 Å². The Morgan fingerprint density at radius 1 is 1.22 bits per heavy atom. The fourth-order valence-corrected chi connectivity index (χ4v) is 1.54. The molecule has 0 fully saturated rings. The van der Waals surface area contributed by atoms with Gasteiger partial charge in [0.15, 0.2) is 0 Å².